The van der Waals surface area contributed by atoms with Gasteiger partial charge < -0.3 is 4.57 Å². The van der Waals surface area contributed by atoms with Gasteiger partial charge in [0, 0.05) is 17.8 Å². The van der Waals surface area contributed by atoms with Crippen molar-refractivity contribution in [2.75, 3.05) is 5.43 Å². The molecule has 25 heavy (non-hydrogen) atoms. The fourth-order valence-corrected chi connectivity index (χ4v) is 3.49. The highest BCUT2D eigenvalue weighted by molar-refractivity contribution is 7.22. The van der Waals surface area contributed by atoms with Crippen molar-refractivity contribution in [2.45, 2.75) is 6.54 Å². The number of benzene rings is 2. The lowest BCUT2D eigenvalue weighted by Crippen LogP contribution is -2.03. The van der Waals surface area contributed by atoms with Crippen LogP contribution in [0.3, 0.4) is 0 Å². The minimum Gasteiger partial charge on any atom is -0.342 e. The average Bonchev–Trinajstić information content (AvgIpc) is 3.23. The van der Waals surface area contributed by atoms with Crippen LogP contribution in [0.2, 0.25) is 5.02 Å². The van der Waals surface area contributed by atoms with Gasteiger partial charge in [-0.25, -0.2) is 4.98 Å². The van der Waals surface area contributed by atoms with Crippen LogP contribution in [0, 0.1) is 0 Å². The molecule has 0 unspecified atom stereocenters. The van der Waals surface area contributed by atoms with Crippen LogP contribution in [0.1, 0.15) is 11.3 Å². The largest absolute Gasteiger partial charge is 0.342 e. The first-order valence-corrected chi connectivity index (χ1v) is 9.02. The second kappa shape index (κ2) is 7.09. The number of nitrogens with one attached hydrogen (secondary N) is 1. The van der Waals surface area contributed by atoms with Crippen LogP contribution in [0.4, 0.5) is 5.13 Å². The zero-order chi connectivity index (χ0) is 17.1. The van der Waals surface area contributed by atoms with Crippen LogP contribution in [-0.4, -0.2) is 15.8 Å². The number of hydrogen-bond acceptors (Lipinski definition) is 4. The van der Waals surface area contributed by atoms with Crippen LogP contribution < -0.4 is 5.43 Å². The standard InChI is InChI=1S/C19H15ClN4S/c20-15-9-7-14(8-10-15)13-24-11-3-4-16(24)12-21-23-19-22-17-5-1-2-6-18(17)25-19/h1-12H,13H2,(H,22,23). The zero-order valence-corrected chi connectivity index (χ0v) is 14.8. The topological polar surface area (TPSA) is 42.2 Å². The molecule has 4 rings (SSSR count). The SMILES string of the molecule is Clc1ccc(Cn2cccc2C=NNc2nc3ccccc3s2)cc1. The second-order valence-corrected chi connectivity index (χ2v) is 7.01. The summed E-state index contributed by atoms with van der Waals surface area (Å²) in [5.74, 6) is 0. The summed E-state index contributed by atoms with van der Waals surface area (Å²) in [5, 5.41) is 5.86. The number of para-hydroxylation sites is 1. The highest BCUT2D eigenvalue weighted by Gasteiger charge is 2.02. The van der Waals surface area contributed by atoms with Gasteiger partial charge >= 0.3 is 0 Å². The van der Waals surface area contributed by atoms with Gasteiger partial charge in [0.2, 0.25) is 5.13 Å². The van der Waals surface area contributed by atoms with Gasteiger partial charge in [-0.2, -0.15) is 5.10 Å². The van der Waals surface area contributed by atoms with Gasteiger partial charge in [0.05, 0.1) is 22.1 Å². The lowest BCUT2D eigenvalue weighted by Gasteiger charge is -2.06. The summed E-state index contributed by atoms with van der Waals surface area (Å²) in [5.41, 5.74) is 6.21. The first-order chi connectivity index (χ1) is 12.3. The van der Waals surface area contributed by atoms with Crippen LogP contribution in [0.25, 0.3) is 10.2 Å². The number of hydrogen-bond donors (Lipinski definition) is 1. The van der Waals surface area contributed by atoms with E-state index in [1.807, 2.05) is 67.0 Å². The maximum atomic E-state index is 5.94. The van der Waals surface area contributed by atoms with Crippen molar-refractivity contribution in [3.05, 3.63) is 83.1 Å². The third kappa shape index (κ3) is 3.73. The lowest BCUT2D eigenvalue weighted by molar-refractivity contribution is 0.800. The Morgan fingerprint density at radius 1 is 1.08 bits per heavy atom. The van der Waals surface area contributed by atoms with E-state index in [0.29, 0.717) is 0 Å². The number of anilines is 1. The number of rotatable bonds is 5. The molecule has 0 saturated carbocycles. The molecular formula is C19H15ClN4S. The van der Waals surface area contributed by atoms with Crippen LogP contribution in [-0.2, 0) is 6.54 Å². The van der Waals surface area contributed by atoms with E-state index in [1.165, 1.54) is 5.56 Å². The number of aromatic nitrogens is 2. The fourth-order valence-electron chi connectivity index (χ4n) is 2.55. The van der Waals surface area contributed by atoms with E-state index in [1.54, 1.807) is 11.3 Å². The Labute approximate surface area is 154 Å². The summed E-state index contributed by atoms with van der Waals surface area (Å²) >= 11 is 7.53. The molecule has 0 aliphatic carbocycles. The molecule has 0 saturated heterocycles. The molecule has 4 aromatic rings. The smallest absolute Gasteiger partial charge is 0.204 e. The van der Waals surface area contributed by atoms with Crippen LogP contribution in [0.5, 0.6) is 0 Å². The Morgan fingerprint density at radius 3 is 2.76 bits per heavy atom. The molecule has 0 fully saturated rings. The van der Waals surface area contributed by atoms with E-state index in [-0.39, 0.29) is 0 Å². The molecule has 0 bridgehead atoms. The number of thiazole rings is 1. The summed E-state index contributed by atoms with van der Waals surface area (Å²) < 4.78 is 3.28. The lowest BCUT2D eigenvalue weighted by atomic mass is 10.2. The molecule has 0 aliphatic heterocycles. The van der Waals surface area contributed by atoms with Crippen molar-refractivity contribution in [1.82, 2.24) is 9.55 Å². The van der Waals surface area contributed by atoms with Crippen molar-refractivity contribution in [2.24, 2.45) is 5.10 Å². The van der Waals surface area contributed by atoms with Crippen molar-refractivity contribution in [1.29, 1.82) is 0 Å². The quantitative estimate of drug-likeness (QED) is 0.387. The van der Waals surface area contributed by atoms with Gasteiger partial charge in [-0.3, -0.25) is 5.43 Å². The van der Waals surface area contributed by atoms with Crippen molar-refractivity contribution >= 4 is 44.5 Å². The maximum absolute atomic E-state index is 5.94. The molecule has 0 aliphatic rings. The number of fused-ring (bicyclic) bond motifs is 1. The average molecular weight is 367 g/mol. The van der Waals surface area contributed by atoms with Crippen LogP contribution in [0.15, 0.2) is 72.0 Å². The minimum atomic E-state index is 0.748. The summed E-state index contributed by atoms with van der Waals surface area (Å²) in [7, 11) is 0. The highest BCUT2D eigenvalue weighted by Crippen LogP contribution is 2.25. The molecule has 4 nitrogen and oxygen atoms in total. The van der Waals surface area contributed by atoms with Gasteiger partial charge in [0.15, 0.2) is 0 Å². The van der Waals surface area contributed by atoms with E-state index in [4.69, 9.17) is 11.6 Å². The van der Waals surface area contributed by atoms with E-state index in [0.717, 1.165) is 32.6 Å². The molecule has 6 heteroatoms. The molecule has 124 valence electrons. The molecule has 2 heterocycles. The molecule has 2 aromatic carbocycles. The molecule has 0 amide bonds. The minimum absolute atomic E-state index is 0.748. The summed E-state index contributed by atoms with van der Waals surface area (Å²) in [6.07, 6.45) is 3.84. The molecule has 0 radical (unpaired) electrons. The summed E-state index contributed by atoms with van der Waals surface area (Å²) in [6.45, 7) is 0.770. The Bertz CT molecular complexity index is 984. The molecule has 0 atom stereocenters. The Hall–Kier alpha value is -2.63. The van der Waals surface area contributed by atoms with Gasteiger partial charge in [0.25, 0.3) is 0 Å². The van der Waals surface area contributed by atoms with Crippen molar-refractivity contribution in [3.63, 3.8) is 0 Å². The first-order valence-electron chi connectivity index (χ1n) is 7.82. The molecule has 0 spiro atoms. The highest BCUT2D eigenvalue weighted by atomic mass is 35.5. The van der Waals surface area contributed by atoms with Gasteiger partial charge in [-0.1, -0.05) is 47.2 Å². The number of hydrazone groups is 1. The second-order valence-electron chi connectivity index (χ2n) is 5.54. The van der Waals surface area contributed by atoms with Gasteiger partial charge in [0.1, 0.15) is 0 Å². The summed E-state index contributed by atoms with van der Waals surface area (Å²) in [4.78, 5) is 4.50. The summed E-state index contributed by atoms with van der Waals surface area (Å²) in [6, 6.07) is 20.0. The van der Waals surface area contributed by atoms with Crippen molar-refractivity contribution in [3.8, 4) is 0 Å². The third-order valence-electron chi connectivity index (χ3n) is 3.78. The van der Waals surface area contributed by atoms with Gasteiger partial charge in [-0.15, -0.1) is 0 Å². The maximum Gasteiger partial charge on any atom is 0.204 e. The third-order valence-corrected chi connectivity index (χ3v) is 4.97. The predicted molar refractivity (Wildman–Crippen MR) is 106 cm³/mol. The zero-order valence-electron chi connectivity index (χ0n) is 13.3. The molecule has 2 aromatic heterocycles. The van der Waals surface area contributed by atoms with Gasteiger partial charge in [-0.05, 0) is 42.0 Å². The monoisotopic (exact) mass is 366 g/mol. The van der Waals surface area contributed by atoms with E-state index in [2.05, 4.69) is 26.1 Å². The molecule has 1 N–H and O–H groups in total. The van der Waals surface area contributed by atoms with Crippen molar-refractivity contribution < 1.29 is 0 Å². The van der Waals surface area contributed by atoms with Crippen LogP contribution >= 0.6 is 22.9 Å². The Morgan fingerprint density at radius 2 is 1.92 bits per heavy atom. The predicted octanol–water partition coefficient (Wildman–Crippen LogP) is 5.25. The van der Waals surface area contributed by atoms with E-state index < -0.39 is 0 Å². The Balaban J connectivity index is 1.46. The number of nitrogens with zero attached hydrogens (tertiary/aromatic N) is 3. The van der Waals surface area contributed by atoms with E-state index >= 15 is 0 Å². The Kier molecular flexibility index (Phi) is 4.50. The first kappa shape index (κ1) is 15.9. The number of halogens is 1. The van der Waals surface area contributed by atoms with E-state index in [9.17, 15) is 0 Å². The fraction of sp³-hybridized carbons (Fsp3) is 0.0526. The normalized spacial score (nSPS) is 11.4. The molecular weight excluding hydrogens is 352 g/mol.